The molecular formula is C19H20Cl2NO5P. The van der Waals surface area contributed by atoms with Crippen molar-refractivity contribution >= 4 is 48.2 Å². The number of ketones is 1. The SMILES string of the molecule is CCOP(=O)(OCC)C(Cl)C(=O)Nc1ccc(Cl)cc1C(=O)c1ccccc1. The predicted octanol–water partition coefficient (Wildman–Crippen LogP) is 5.34. The minimum atomic E-state index is -3.87. The lowest BCUT2D eigenvalue weighted by molar-refractivity contribution is -0.114. The van der Waals surface area contributed by atoms with Gasteiger partial charge in [0.15, 0.2) is 5.78 Å². The summed E-state index contributed by atoms with van der Waals surface area (Å²) < 4.78 is 22.9. The van der Waals surface area contributed by atoms with E-state index >= 15 is 0 Å². The number of hydrogen-bond acceptors (Lipinski definition) is 5. The molecule has 0 spiro atoms. The lowest BCUT2D eigenvalue weighted by Crippen LogP contribution is -2.26. The highest BCUT2D eigenvalue weighted by Crippen LogP contribution is 2.55. The van der Waals surface area contributed by atoms with Crippen LogP contribution in [0, 0.1) is 0 Å². The van der Waals surface area contributed by atoms with E-state index in [2.05, 4.69) is 5.32 Å². The van der Waals surface area contributed by atoms with Gasteiger partial charge in [0.2, 0.25) is 5.12 Å². The molecule has 0 saturated heterocycles. The van der Waals surface area contributed by atoms with Crippen molar-refractivity contribution < 1.29 is 23.2 Å². The van der Waals surface area contributed by atoms with Crippen LogP contribution in [0.25, 0.3) is 0 Å². The van der Waals surface area contributed by atoms with Crippen molar-refractivity contribution in [2.24, 2.45) is 0 Å². The van der Waals surface area contributed by atoms with E-state index in [1.165, 1.54) is 18.2 Å². The van der Waals surface area contributed by atoms with E-state index in [9.17, 15) is 14.2 Å². The quantitative estimate of drug-likeness (QED) is 0.321. The summed E-state index contributed by atoms with van der Waals surface area (Å²) in [4.78, 5) is 25.4. The van der Waals surface area contributed by atoms with Crippen molar-refractivity contribution in [2.45, 2.75) is 19.0 Å². The van der Waals surface area contributed by atoms with Crippen LogP contribution in [0.2, 0.25) is 5.02 Å². The molecule has 2 rings (SSSR count). The summed E-state index contributed by atoms with van der Waals surface area (Å²) in [6, 6.07) is 13.0. The summed E-state index contributed by atoms with van der Waals surface area (Å²) in [5.41, 5.74) is 0.795. The van der Waals surface area contributed by atoms with Gasteiger partial charge in [-0.15, -0.1) is 0 Å². The van der Waals surface area contributed by atoms with Crippen LogP contribution in [-0.2, 0) is 18.4 Å². The van der Waals surface area contributed by atoms with Crippen LogP contribution in [0.15, 0.2) is 48.5 Å². The molecule has 9 heteroatoms. The summed E-state index contributed by atoms with van der Waals surface area (Å²) in [6.07, 6.45) is 0. The molecule has 1 unspecified atom stereocenters. The third-order valence-electron chi connectivity index (χ3n) is 3.63. The van der Waals surface area contributed by atoms with Gasteiger partial charge < -0.3 is 14.4 Å². The summed E-state index contributed by atoms with van der Waals surface area (Å²) in [5.74, 6) is -1.14. The fourth-order valence-electron chi connectivity index (χ4n) is 2.42. The van der Waals surface area contributed by atoms with Gasteiger partial charge in [-0.3, -0.25) is 14.2 Å². The van der Waals surface area contributed by atoms with Crippen LogP contribution in [-0.4, -0.2) is 30.0 Å². The molecule has 6 nitrogen and oxygen atoms in total. The maximum Gasteiger partial charge on any atom is 0.357 e. The van der Waals surface area contributed by atoms with Crippen molar-refractivity contribution in [3.05, 3.63) is 64.7 Å². The third-order valence-corrected chi connectivity index (χ3v) is 6.81. The molecule has 0 heterocycles. The Hall–Kier alpha value is -1.69. The molecule has 0 fully saturated rings. The van der Waals surface area contributed by atoms with E-state index in [-0.39, 0.29) is 30.2 Å². The first-order valence-corrected chi connectivity index (χ1v) is 11.0. The molecule has 0 aliphatic rings. The van der Waals surface area contributed by atoms with Crippen molar-refractivity contribution in [2.75, 3.05) is 18.5 Å². The zero-order chi connectivity index (χ0) is 20.7. The standard InChI is InChI=1S/C19H20Cl2NO5P/c1-3-26-28(25,27-4-2)18(21)19(24)22-16-11-10-14(20)12-15(16)17(23)13-8-6-5-7-9-13/h5-12,18H,3-4H2,1-2H3,(H,22,24). The molecule has 0 radical (unpaired) electrons. The summed E-state index contributed by atoms with van der Waals surface area (Å²) in [7, 11) is -3.87. The van der Waals surface area contributed by atoms with Crippen LogP contribution in [0.4, 0.5) is 5.69 Å². The highest BCUT2D eigenvalue weighted by atomic mass is 35.5. The minimum Gasteiger partial charge on any atom is -0.324 e. The van der Waals surface area contributed by atoms with Gasteiger partial charge in [0, 0.05) is 16.1 Å². The number of carbonyl (C=O) groups excluding carboxylic acids is 2. The Balaban J connectivity index is 2.32. The van der Waals surface area contributed by atoms with Crippen LogP contribution in [0.3, 0.4) is 0 Å². The minimum absolute atomic E-state index is 0.0620. The van der Waals surface area contributed by atoms with Crippen LogP contribution in [0.5, 0.6) is 0 Å². The predicted molar refractivity (Wildman–Crippen MR) is 110 cm³/mol. The van der Waals surface area contributed by atoms with E-state index < -0.39 is 18.6 Å². The maximum absolute atomic E-state index is 12.8. The van der Waals surface area contributed by atoms with Gasteiger partial charge in [0.25, 0.3) is 5.91 Å². The second-order valence-corrected chi connectivity index (χ2v) is 8.88. The number of carbonyl (C=O) groups is 2. The Morgan fingerprint density at radius 3 is 2.25 bits per heavy atom. The van der Waals surface area contributed by atoms with Crippen molar-refractivity contribution in [3.8, 4) is 0 Å². The van der Waals surface area contributed by atoms with E-state index in [0.29, 0.717) is 10.6 Å². The van der Waals surface area contributed by atoms with E-state index in [1.807, 2.05) is 0 Å². The van der Waals surface area contributed by atoms with Crippen molar-refractivity contribution in [1.29, 1.82) is 0 Å². The molecule has 150 valence electrons. The molecule has 0 aliphatic heterocycles. The monoisotopic (exact) mass is 443 g/mol. The summed E-state index contributed by atoms with van der Waals surface area (Å²) in [5, 5.41) is 1.28. The lowest BCUT2D eigenvalue weighted by atomic mass is 10.0. The van der Waals surface area contributed by atoms with Crippen LogP contribution in [0.1, 0.15) is 29.8 Å². The number of amides is 1. The van der Waals surface area contributed by atoms with Crippen molar-refractivity contribution in [3.63, 3.8) is 0 Å². The Morgan fingerprint density at radius 2 is 1.68 bits per heavy atom. The van der Waals surface area contributed by atoms with Gasteiger partial charge >= 0.3 is 7.60 Å². The molecule has 0 aliphatic carbocycles. The number of anilines is 1. The zero-order valence-electron chi connectivity index (χ0n) is 15.4. The fourth-order valence-corrected chi connectivity index (χ4v) is 4.39. The fraction of sp³-hybridized carbons (Fsp3) is 0.263. The molecule has 2 aromatic carbocycles. The first-order valence-electron chi connectivity index (χ1n) is 8.55. The molecule has 1 amide bonds. The number of benzene rings is 2. The number of halogens is 2. The van der Waals surface area contributed by atoms with Gasteiger partial charge in [0.1, 0.15) is 0 Å². The molecule has 0 bridgehead atoms. The number of hydrogen-bond donors (Lipinski definition) is 1. The topological polar surface area (TPSA) is 81.7 Å². The Bertz CT molecular complexity index is 881. The largest absolute Gasteiger partial charge is 0.357 e. The summed E-state index contributed by atoms with van der Waals surface area (Å²) in [6.45, 7) is 3.35. The van der Waals surface area contributed by atoms with Gasteiger partial charge in [0.05, 0.1) is 18.9 Å². The molecular weight excluding hydrogens is 424 g/mol. The highest BCUT2D eigenvalue weighted by Gasteiger charge is 2.40. The molecule has 0 saturated carbocycles. The normalized spacial score (nSPS) is 12.4. The second kappa shape index (κ2) is 10.2. The van der Waals surface area contributed by atoms with E-state index in [1.54, 1.807) is 44.2 Å². The number of alkyl halides is 1. The van der Waals surface area contributed by atoms with Gasteiger partial charge in [-0.05, 0) is 32.0 Å². The van der Waals surface area contributed by atoms with Crippen molar-refractivity contribution in [1.82, 2.24) is 0 Å². The molecule has 1 atom stereocenters. The van der Waals surface area contributed by atoms with E-state index in [0.717, 1.165) is 0 Å². The van der Waals surface area contributed by atoms with Gasteiger partial charge in [-0.2, -0.15) is 0 Å². The third kappa shape index (κ3) is 5.43. The first kappa shape index (κ1) is 22.6. The summed E-state index contributed by atoms with van der Waals surface area (Å²) >= 11 is 12.1. The zero-order valence-corrected chi connectivity index (χ0v) is 17.8. The smallest absolute Gasteiger partial charge is 0.324 e. The average molecular weight is 444 g/mol. The Kier molecular flexibility index (Phi) is 8.23. The lowest BCUT2D eigenvalue weighted by Gasteiger charge is -2.21. The molecule has 2 aromatic rings. The maximum atomic E-state index is 12.8. The Morgan fingerprint density at radius 1 is 1.07 bits per heavy atom. The molecule has 0 aromatic heterocycles. The second-order valence-electron chi connectivity index (χ2n) is 5.59. The number of nitrogens with one attached hydrogen (secondary N) is 1. The molecule has 28 heavy (non-hydrogen) atoms. The highest BCUT2D eigenvalue weighted by molar-refractivity contribution is 7.57. The first-order chi connectivity index (χ1) is 13.3. The van der Waals surface area contributed by atoms with Gasteiger partial charge in [-0.1, -0.05) is 53.5 Å². The van der Waals surface area contributed by atoms with Gasteiger partial charge in [-0.25, -0.2) is 0 Å². The number of rotatable bonds is 9. The van der Waals surface area contributed by atoms with E-state index in [4.69, 9.17) is 32.2 Å². The molecule has 1 N–H and O–H groups in total. The van der Waals surface area contributed by atoms with Crippen LogP contribution < -0.4 is 5.32 Å². The van der Waals surface area contributed by atoms with Crippen LogP contribution >= 0.6 is 30.8 Å². The average Bonchev–Trinajstić information content (AvgIpc) is 2.69. The Labute approximate surface area is 173 Å².